The molecule has 0 saturated heterocycles. The van der Waals surface area contributed by atoms with Gasteiger partial charge in [-0.25, -0.2) is 4.79 Å². The summed E-state index contributed by atoms with van der Waals surface area (Å²) >= 11 is 0. The van der Waals surface area contributed by atoms with Crippen molar-refractivity contribution in [1.82, 2.24) is 4.57 Å². The summed E-state index contributed by atoms with van der Waals surface area (Å²) in [6.45, 7) is 3.34. The number of aromatic nitrogens is 1. The molecule has 0 saturated carbocycles. The zero-order chi connectivity index (χ0) is 11.8. The monoisotopic (exact) mass is 221 g/mol. The fourth-order valence-electron chi connectivity index (χ4n) is 1.17. The predicted octanol–water partition coefficient (Wildman–Crippen LogP) is 2.79. The van der Waals surface area contributed by atoms with Gasteiger partial charge < -0.3 is 9.67 Å². The van der Waals surface area contributed by atoms with Crippen LogP contribution in [0.3, 0.4) is 0 Å². The van der Waals surface area contributed by atoms with E-state index in [0.29, 0.717) is 0 Å². The number of rotatable bonds is 2. The molecule has 0 unspecified atom stereocenters. The summed E-state index contributed by atoms with van der Waals surface area (Å²) < 4.78 is 38.5. The summed E-state index contributed by atoms with van der Waals surface area (Å²) in [5.41, 5.74) is -1.82. The van der Waals surface area contributed by atoms with Crippen LogP contribution in [0.1, 0.15) is 35.8 Å². The maximum Gasteiger partial charge on any atom is 0.418 e. The number of carboxylic acid groups (broad SMARTS) is 1. The SMILES string of the molecule is CC(C)n1cc(C(=O)O)c(C(F)(F)F)c1. The molecule has 0 radical (unpaired) electrons. The normalized spacial score (nSPS) is 12.1. The van der Waals surface area contributed by atoms with E-state index in [4.69, 9.17) is 5.11 Å². The van der Waals surface area contributed by atoms with Crippen LogP contribution in [0, 0.1) is 0 Å². The van der Waals surface area contributed by atoms with Crippen molar-refractivity contribution >= 4 is 5.97 Å². The number of carbonyl (C=O) groups is 1. The van der Waals surface area contributed by atoms with Gasteiger partial charge in [0, 0.05) is 18.4 Å². The van der Waals surface area contributed by atoms with Crippen molar-refractivity contribution in [3.63, 3.8) is 0 Å². The van der Waals surface area contributed by atoms with E-state index in [1.165, 1.54) is 4.57 Å². The molecule has 0 aliphatic heterocycles. The third-order valence-electron chi connectivity index (χ3n) is 1.98. The van der Waals surface area contributed by atoms with Crippen LogP contribution in [0.5, 0.6) is 0 Å². The van der Waals surface area contributed by atoms with E-state index in [2.05, 4.69) is 0 Å². The third kappa shape index (κ3) is 2.31. The van der Waals surface area contributed by atoms with Crippen LogP contribution in [-0.2, 0) is 6.18 Å². The number of alkyl halides is 3. The predicted molar refractivity (Wildman–Crippen MR) is 46.8 cm³/mol. The van der Waals surface area contributed by atoms with Crippen LogP contribution in [0.15, 0.2) is 12.4 Å². The second kappa shape index (κ2) is 3.60. The number of nitrogens with zero attached hydrogens (tertiary/aromatic N) is 1. The van der Waals surface area contributed by atoms with Gasteiger partial charge in [-0.15, -0.1) is 0 Å². The molecular weight excluding hydrogens is 211 g/mol. The highest BCUT2D eigenvalue weighted by Gasteiger charge is 2.37. The molecule has 0 amide bonds. The van der Waals surface area contributed by atoms with E-state index in [1.807, 2.05) is 0 Å². The molecule has 0 aromatic carbocycles. The highest BCUT2D eigenvalue weighted by molar-refractivity contribution is 5.89. The van der Waals surface area contributed by atoms with Gasteiger partial charge >= 0.3 is 12.1 Å². The molecule has 0 aliphatic carbocycles. The summed E-state index contributed by atoms with van der Waals surface area (Å²) in [7, 11) is 0. The topological polar surface area (TPSA) is 42.2 Å². The first kappa shape index (κ1) is 11.6. The lowest BCUT2D eigenvalue weighted by Gasteiger charge is -2.06. The standard InChI is InChI=1S/C9H10F3NO2/c1-5(2)13-3-6(8(14)15)7(4-13)9(10,11)12/h3-5H,1-2H3,(H,14,15). The number of hydrogen-bond donors (Lipinski definition) is 1. The fraction of sp³-hybridized carbons (Fsp3) is 0.444. The number of carboxylic acids is 1. The van der Waals surface area contributed by atoms with E-state index in [-0.39, 0.29) is 6.04 Å². The largest absolute Gasteiger partial charge is 0.478 e. The van der Waals surface area contributed by atoms with Gasteiger partial charge in [0.25, 0.3) is 0 Å². The van der Waals surface area contributed by atoms with Crippen LogP contribution in [-0.4, -0.2) is 15.6 Å². The van der Waals surface area contributed by atoms with Gasteiger partial charge in [-0.3, -0.25) is 0 Å². The van der Waals surface area contributed by atoms with Crippen molar-refractivity contribution < 1.29 is 23.1 Å². The second-order valence-electron chi connectivity index (χ2n) is 3.43. The lowest BCUT2D eigenvalue weighted by Crippen LogP contribution is -2.09. The molecular formula is C9H10F3NO2. The zero-order valence-corrected chi connectivity index (χ0v) is 8.17. The maximum atomic E-state index is 12.4. The highest BCUT2D eigenvalue weighted by Crippen LogP contribution is 2.33. The van der Waals surface area contributed by atoms with Crippen molar-refractivity contribution in [3.8, 4) is 0 Å². The quantitative estimate of drug-likeness (QED) is 0.834. The number of aromatic carboxylic acids is 1. The zero-order valence-electron chi connectivity index (χ0n) is 8.17. The van der Waals surface area contributed by atoms with Crippen molar-refractivity contribution in [2.24, 2.45) is 0 Å². The fourth-order valence-corrected chi connectivity index (χ4v) is 1.17. The molecule has 15 heavy (non-hydrogen) atoms. The first-order valence-electron chi connectivity index (χ1n) is 4.25. The van der Waals surface area contributed by atoms with Gasteiger partial charge in [0.05, 0.1) is 11.1 Å². The minimum Gasteiger partial charge on any atom is -0.478 e. The van der Waals surface area contributed by atoms with Gasteiger partial charge in [0.1, 0.15) is 0 Å². The Labute approximate surface area is 84.1 Å². The van der Waals surface area contributed by atoms with Gasteiger partial charge in [-0.1, -0.05) is 0 Å². The molecule has 84 valence electrons. The Balaban J connectivity index is 3.30. The molecule has 1 aromatic heterocycles. The Hall–Kier alpha value is -1.46. The average Bonchev–Trinajstić information content (AvgIpc) is 2.45. The molecule has 1 heterocycles. The molecule has 1 aromatic rings. The molecule has 0 fully saturated rings. The molecule has 0 spiro atoms. The van der Waals surface area contributed by atoms with Crippen molar-refractivity contribution in [2.75, 3.05) is 0 Å². The second-order valence-corrected chi connectivity index (χ2v) is 3.43. The Bertz CT molecular complexity index is 379. The van der Waals surface area contributed by atoms with E-state index in [0.717, 1.165) is 12.4 Å². The summed E-state index contributed by atoms with van der Waals surface area (Å²) in [5, 5.41) is 8.61. The van der Waals surface area contributed by atoms with Crippen LogP contribution in [0.4, 0.5) is 13.2 Å². The molecule has 6 heteroatoms. The number of halogens is 3. The smallest absolute Gasteiger partial charge is 0.418 e. The van der Waals surface area contributed by atoms with E-state index >= 15 is 0 Å². The lowest BCUT2D eigenvalue weighted by atomic mass is 10.2. The van der Waals surface area contributed by atoms with Gasteiger partial charge in [-0.2, -0.15) is 13.2 Å². The van der Waals surface area contributed by atoms with Crippen LogP contribution < -0.4 is 0 Å². The van der Waals surface area contributed by atoms with Gasteiger partial charge in [-0.05, 0) is 13.8 Å². The molecule has 1 rings (SSSR count). The Morgan fingerprint density at radius 1 is 1.40 bits per heavy atom. The van der Waals surface area contributed by atoms with Crippen LogP contribution in [0.2, 0.25) is 0 Å². The molecule has 3 nitrogen and oxygen atoms in total. The summed E-state index contributed by atoms with van der Waals surface area (Å²) in [6, 6.07) is -0.209. The first-order valence-corrected chi connectivity index (χ1v) is 4.25. The van der Waals surface area contributed by atoms with E-state index in [1.54, 1.807) is 13.8 Å². The average molecular weight is 221 g/mol. The summed E-state index contributed by atoms with van der Waals surface area (Å²) in [6.07, 6.45) is -2.82. The molecule has 0 aliphatic rings. The van der Waals surface area contributed by atoms with Crippen LogP contribution in [0.25, 0.3) is 0 Å². The number of hydrogen-bond acceptors (Lipinski definition) is 1. The Kier molecular flexibility index (Phi) is 2.79. The Morgan fingerprint density at radius 2 is 1.93 bits per heavy atom. The maximum absolute atomic E-state index is 12.4. The van der Waals surface area contributed by atoms with Crippen molar-refractivity contribution in [3.05, 3.63) is 23.5 Å². The van der Waals surface area contributed by atoms with Crippen LogP contribution >= 0.6 is 0 Å². The van der Waals surface area contributed by atoms with E-state index in [9.17, 15) is 18.0 Å². The molecule has 0 bridgehead atoms. The van der Waals surface area contributed by atoms with Gasteiger partial charge in [0.15, 0.2) is 0 Å². The minimum absolute atomic E-state index is 0.209. The first-order chi connectivity index (χ1) is 6.73. The highest BCUT2D eigenvalue weighted by atomic mass is 19.4. The van der Waals surface area contributed by atoms with Crippen molar-refractivity contribution in [2.45, 2.75) is 26.1 Å². The minimum atomic E-state index is -4.63. The summed E-state index contributed by atoms with van der Waals surface area (Å²) in [4.78, 5) is 10.6. The molecule has 0 atom stereocenters. The third-order valence-corrected chi connectivity index (χ3v) is 1.98. The lowest BCUT2D eigenvalue weighted by molar-refractivity contribution is -0.138. The van der Waals surface area contributed by atoms with Gasteiger partial charge in [0.2, 0.25) is 0 Å². The summed E-state index contributed by atoms with van der Waals surface area (Å²) in [5.74, 6) is -1.57. The van der Waals surface area contributed by atoms with E-state index < -0.39 is 23.3 Å². The Morgan fingerprint density at radius 3 is 2.20 bits per heavy atom. The molecule has 1 N–H and O–H groups in total. The van der Waals surface area contributed by atoms with Crippen molar-refractivity contribution in [1.29, 1.82) is 0 Å².